The molecule has 0 radical (unpaired) electrons. The van der Waals surface area contributed by atoms with E-state index in [1.807, 2.05) is 67.7 Å². The van der Waals surface area contributed by atoms with E-state index in [-0.39, 0.29) is 6.17 Å². The van der Waals surface area contributed by atoms with Crippen LogP contribution in [0.3, 0.4) is 0 Å². The first-order valence-corrected chi connectivity index (χ1v) is 6.98. The monoisotopic (exact) mass is 282 g/mol. The Balaban J connectivity index is 2.08. The van der Waals surface area contributed by atoms with E-state index in [1.54, 1.807) is 0 Å². The Bertz CT molecular complexity index is 575. The van der Waals surface area contributed by atoms with E-state index in [4.69, 9.17) is 11.5 Å². The lowest BCUT2D eigenvalue weighted by Gasteiger charge is -2.17. The summed E-state index contributed by atoms with van der Waals surface area (Å²) >= 11 is 0. The Morgan fingerprint density at radius 1 is 1.10 bits per heavy atom. The van der Waals surface area contributed by atoms with Gasteiger partial charge in [-0.1, -0.05) is 42.5 Å². The number of anilines is 1. The van der Waals surface area contributed by atoms with E-state index >= 15 is 0 Å². The minimum atomic E-state index is -0.0473. The van der Waals surface area contributed by atoms with Crippen molar-refractivity contribution in [1.29, 1.82) is 0 Å². The average Bonchev–Trinajstić information content (AvgIpc) is 2.55. The molecule has 21 heavy (non-hydrogen) atoms. The smallest absolute Gasteiger partial charge is 0.0981 e. The van der Waals surface area contributed by atoms with Crippen LogP contribution in [0.15, 0.2) is 60.7 Å². The molecule has 0 saturated heterocycles. The van der Waals surface area contributed by atoms with Gasteiger partial charge in [0.2, 0.25) is 0 Å². The minimum absolute atomic E-state index is 0.0473. The normalized spacial score (nSPS) is 13.0. The summed E-state index contributed by atoms with van der Waals surface area (Å²) in [4.78, 5) is 0. The van der Waals surface area contributed by atoms with Crippen LogP contribution in [0.25, 0.3) is 5.70 Å². The molecule has 0 aliphatic carbocycles. The largest absolute Gasteiger partial charge is 0.398 e. The molecule has 0 spiro atoms. The molecule has 2 aromatic rings. The maximum Gasteiger partial charge on any atom is 0.0981 e. The van der Waals surface area contributed by atoms with Gasteiger partial charge in [0.25, 0.3) is 0 Å². The molecule has 0 heterocycles. The lowest BCUT2D eigenvalue weighted by molar-refractivity contribution is 0.743. The van der Waals surface area contributed by atoms with Gasteiger partial charge in [-0.2, -0.15) is 0 Å². The third-order valence-electron chi connectivity index (χ3n) is 3.28. The molecule has 0 amide bonds. The highest BCUT2D eigenvalue weighted by Crippen LogP contribution is 2.13. The van der Waals surface area contributed by atoms with E-state index in [2.05, 4.69) is 10.6 Å². The number of hydrogen-bond acceptors (Lipinski definition) is 4. The maximum atomic E-state index is 6.14. The molecule has 110 valence electrons. The Hall–Kier alpha value is -2.30. The van der Waals surface area contributed by atoms with Gasteiger partial charge in [-0.15, -0.1) is 0 Å². The fraction of sp³-hybridized carbons (Fsp3) is 0.176. The first-order chi connectivity index (χ1) is 10.2. The molecule has 4 nitrogen and oxygen atoms in total. The van der Waals surface area contributed by atoms with Crippen molar-refractivity contribution in [2.75, 3.05) is 12.4 Å². The maximum absolute atomic E-state index is 6.14. The number of hydrogen-bond donors (Lipinski definition) is 4. The topological polar surface area (TPSA) is 76.1 Å². The predicted octanol–water partition coefficient (Wildman–Crippen LogP) is 2.10. The highest BCUT2D eigenvalue weighted by Gasteiger charge is 2.04. The van der Waals surface area contributed by atoms with Gasteiger partial charge >= 0.3 is 0 Å². The summed E-state index contributed by atoms with van der Waals surface area (Å²) in [6, 6.07) is 18.0. The molecule has 0 aromatic heterocycles. The zero-order valence-electron chi connectivity index (χ0n) is 12.2. The first kappa shape index (κ1) is 15.1. The van der Waals surface area contributed by atoms with Gasteiger partial charge in [0.1, 0.15) is 0 Å². The number of likely N-dealkylation sites (N-methyl/N-ethyl adjacent to an activating group) is 1. The molecule has 4 heteroatoms. The minimum Gasteiger partial charge on any atom is -0.398 e. The third-order valence-corrected chi connectivity index (χ3v) is 3.28. The molecule has 0 bridgehead atoms. The number of rotatable bonds is 6. The Morgan fingerprint density at radius 3 is 2.33 bits per heavy atom. The summed E-state index contributed by atoms with van der Waals surface area (Å²) in [6.07, 6.45) is 1.92. The fourth-order valence-electron chi connectivity index (χ4n) is 2.02. The second-order valence-corrected chi connectivity index (χ2v) is 4.80. The summed E-state index contributed by atoms with van der Waals surface area (Å²) < 4.78 is 0. The van der Waals surface area contributed by atoms with Crippen LogP contribution in [0, 0.1) is 0 Å². The standard InChI is InChI=1S/C17H22N4/c1-20-17(11-16(19)14-5-3-2-4-6-14)21-15-9-7-13(12-18)8-10-15/h2-11,17,20-21H,12,18-19H2,1H3. The highest BCUT2D eigenvalue weighted by atomic mass is 15.1. The van der Waals surface area contributed by atoms with Gasteiger partial charge in [0, 0.05) is 17.9 Å². The Labute approximate surface area is 125 Å². The Kier molecular flexibility index (Phi) is 5.37. The van der Waals surface area contributed by atoms with Crippen molar-refractivity contribution in [2.24, 2.45) is 11.5 Å². The second-order valence-electron chi connectivity index (χ2n) is 4.80. The summed E-state index contributed by atoms with van der Waals surface area (Å²) in [5.41, 5.74) is 15.6. The van der Waals surface area contributed by atoms with Crippen LogP contribution in [-0.4, -0.2) is 13.2 Å². The third kappa shape index (κ3) is 4.34. The lowest BCUT2D eigenvalue weighted by atomic mass is 10.1. The highest BCUT2D eigenvalue weighted by molar-refractivity contribution is 5.63. The van der Waals surface area contributed by atoms with Gasteiger partial charge in [-0.25, -0.2) is 0 Å². The van der Waals surface area contributed by atoms with E-state index in [0.717, 1.165) is 22.5 Å². The van der Waals surface area contributed by atoms with Crippen molar-refractivity contribution in [2.45, 2.75) is 12.7 Å². The van der Waals surface area contributed by atoms with E-state index < -0.39 is 0 Å². The molecule has 0 saturated carbocycles. The lowest BCUT2D eigenvalue weighted by Crippen LogP contribution is -2.32. The van der Waals surface area contributed by atoms with Crippen LogP contribution in [0.2, 0.25) is 0 Å². The van der Waals surface area contributed by atoms with E-state index in [9.17, 15) is 0 Å². The molecule has 0 aliphatic rings. The average molecular weight is 282 g/mol. The molecular weight excluding hydrogens is 260 g/mol. The molecule has 0 aliphatic heterocycles. The van der Waals surface area contributed by atoms with Crippen molar-refractivity contribution >= 4 is 11.4 Å². The first-order valence-electron chi connectivity index (χ1n) is 6.98. The fourth-order valence-corrected chi connectivity index (χ4v) is 2.02. The van der Waals surface area contributed by atoms with Crippen molar-refractivity contribution in [3.8, 4) is 0 Å². The molecule has 2 aromatic carbocycles. The van der Waals surface area contributed by atoms with Crippen LogP contribution < -0.4 is 22.1 Å². The predicted molar refractivity (Wildman–Crippen MR) is 89.4 cm³/mol. The molecule has 6 N–H and O–H groups in total. The Morgan fingerprint density at radius 2 is 1.76 bits per heavy atom. The second kappa shape index (κ2) is 7.47. The van der Waals surface area contributed by atoms with E-state index in [0.29, 0.717) is 6.54 Å². The van der Waals surface area contributed by atoms with Gasteiger partial charge in [-0.3, -0.25) is 5.32 Å². The molecule has 0 fully saturated rings. The van der Waals surface area contributed by atoms with Gasteiger partial charge in [0.05, 0.1) is 6.17 Å². The number of nitrogens with one attached hydrogen (secondary N) is 2. The quantitative estimate of drug-likeness (QED) is 0.612. The van der Waals surface area contributed by atoms with E-state index in [1.165, 1.54) is 0 Å². The van der Waals surface area contributed by atoms with Crippen LogP contribution in [0.4, 0.5) is 5.69 Å². The number of nitrogens with two attached hydrogens (primary N) is 2. The van der Waals surface area contributed by atoms with Crippen molar-refractivity contribution in [3.05, 3.63) is 71.8 Å². The summed E-state index contributed by atoms with van der Waals surface area (Å²) in [7, 11) is 1.89. The summed E-state index contributed by atoms with van der Waals surface area (Å²) in [5, 5.41) is 6.56. The molecule has 1 unspecified atom stereocenters. The van der Waals surface area contributed by atoms with Gasteiger partial charge in [0.15, 0.2) is 0 Å². The van der Waals surface area contributed by atoms with Gasteiger partial charge in [-0.05, 0) is 36.4 Å². The SMILES string of the molecule is CNC(C=C(N)c1ccccc1)Nc1ccc(CN)cc1. The zero-order chi connectivity index (χ0) is 15.1. The zero-order valence-corrected chi connectivity index (χ0v) is 12.2. The van der Waals surface area contributed by atoms with Crippen molar-refractivity contribution < 1.29 is 0 Å². The van der Waals surface area contributed by atoms with Gasteiger partial charge < -0.3 is 16.8 Å². The summed E-state index contributed by atoms with van der Waals surface area (Å²) in [6.45, 7) is 0.552. The van der Waals surface area contributed by atoms with Crippen LogP contribution in [0.5, 0.6) is 0 Å². The van der Waals surface area contributed by atoms with Crippen LogP contribution in [-0.2, 0) is 6.54 Å². The van der Waals surface area contributed by atoms with Crippen LogP contribution in [0.1, 0.15) is 11.1 Å². The molecule has 1 atom stereocenters. The number of benzene rings is 2. The van der Waals surface area contributed by atoms with Crippen LogP contribution >= 0.6 is 0 Å². The summed E-state index contributed by atoms with van der Waals surface area (Å²) in [5.74, 6) is 0. The van der Waals surface area contributed by atoms with Crippen molar-refractivity contribution in [3.63, 3.8) is 0 Å². The van der Waals surface area contributed by atoms with Crippen molar-refractivity contribution in [1.82, 2.24) is 5.32 Å². The molecular formula is C17H22N4. The molecule has 2 rings (SSSR count).